The molecule has 0 saturated carbocycles. The third-order valence-corrected chi connectivity index (χ3v) is 5.48. The van der Waals surface area contributed by atoms with Gasteiger partial charge in [0.2, 0.25) is 0 Å². The first-order valence-electron chi connectivity index (χ1n) is 5.25. The van der Waals surface area contributed by atoms with E-state index in [1.54, 1.807) is 11.3 Å². The number of aromatic nitrogens is 1. The van der Waals surface area contributed by atoms with E-state index in [0.29, 0.717) is 11.5 Å². The van der Waals surface area contributed by atoms with Gasteiger partial charge in [-0.1, -0.05) is 13.3 Å². The maximum absolute atomic E-state index is 11.3. The second-order valence-electron chi connectivity index (χ2n) is 4.03. The van der Waals surface area contributed by atoms with Crippen molar-refractivity contribution >= 4 is 21.2 Å². The summed E-state index contributed by atoms with van der Waals surface area (Å²) in [6, 6.07) is 0. The van der Waals surface area contributed by atoms with Gasteiger partial charge in [0, 0.05) is 11.3 Å². The lowest BCUT2D eigenvalue weighted by atomic mass is 10.1. The van der Waals surface area contributed by atoms with Crippen LogP contribution in [0.5, 0.6) is 0 Å². The standard InChI is InChI=1S/C10H15NO2S2/c1-2-3-9-6-14-10(11-9)8-4-5-15(12,13)7-8/h6,8H,2-5,7H2,1H3. The van der Waals surface area contributed by atoms with Crippen LogP contribution in [0.1, 0.15) is 36.4 Å². The molecule has 84 valence electrons. The molecule has 3 nitrogen and oxygen atoms in total. The highest BCUT2D eigenvalue weighted by Gasteiger charge is 2.30. The zero-order valence-corrected chi connectivity index (χ0v) is 10.4. The van der Waals surface area contributed by atoms with E-state index < -0.39 is 9.84 Å². The number of hydrogen-bond acceptors (Lipinski definition) is 4. The van der Waals surface area contributed by atoms with Crippen molar-refractivity contribution in [2.45, 2.75) is 32.1 Å². The van der Waals surface area contributed by atoms with Crippen LogP contribution in [0.2, 0.25) is 0 Å². The predicted molar refractivity (Wildman–Crippen MR) is 62.1 cm³/mol. The lowest BCUT2D eigenvalue weighted by Gasteiger charge is -2.01. The fourth-order valence-electron chi connectivity index (χ4n) is 1.87. The Morgan fingerprint density at radius 1 is 1.60 bits per heavy atom. The summed E-state index contributed by atoms with van der Waals surface area (Å²) in [5.41, 5.74) is 1.11. The van der Waals surface area contributed by atoms with E-state index in [0.717, 1.165) is 30.0 Å². The van der Waals surface area contributed by atoms with Crippen LogP contribution in [0, 0.1) is 0 Å². The minimum absolute atomic E-state index is 0.158. The van der Waals surface area contributed by atoms with Crippen molar-refractivity contribution in [3.8, 4) is 0 Å². The van der Waals surface area contributed by atoms with Crippen LogP contribution in [0.3, 0.4) is 0 Å². The molecule has 15 heavy (non-hydrogen) atoms. The Labute approximate surface area is 94.5 Å². The molecular formula is C10H15NO2S2. The highest BCUT2D eigenvalue weighted by atomic mass is 32.2. The van der Waals surface area contributed by atoms with Gasteiger partial charge in [-0.25, -0.2) is 13.4 Å². The smallest absolute Gasteiger partial charge is 0.151 e. The van der Waals surface area contributed by atoms with Crippen molar-refractivity contribution in [1.29, 1.82) is 0 Å². The lowest BCUT2D eigenvalue weighted by Crippen LogP contribution is -2.03. The summed E-state index contributed by atoms with van der Waals surface area (Å²) in [7, 11) is -2.78. The number of hydrogen-bond donors (Lipinski definition) is 0. The molecule has 1 aromatic heterocycles. The van der Waals surface area contributed by atoms with Gasteiger partial charge in [0.25, 0.3) is 0 Å². The van der Waals surface area contributed by atoms with Crippen molar-refractivity contribution in [2.24, 2.45) is 0 Å². The summed E-state index contributed by atoms with van der Waals surface area (Å²) in [6.07, 6.45) is 2.84. The lowest BCUT2D eigenvalue weighted by molar-refractivity contribution is 0.601. The molecule has 0 radical (unpaired) electrons. The number of sulfone groups is 1. The zero-order valence-electron chi connectivity index (χ0n) is 8.77. The Bertz CT molecular complexity index is 436. The number of rotatable bonds is 3. The first-order chi connectivity index (χ1) is 7.11. The molecule has 1 fully saturated rings. The van der Waals surface area contributed by atoms with Gasteiger partial charge in [-0.3, -0.25) is 0 Å². The van der Waals surface area contributed by atoms with Crippen LogP contribution in [-0.4, -0.2) is 24.9 Å². The second kappa shape index (κ2) is 4.22. The summed E-state index contributed by atoms with van der Waals surface area (Å²) in [6.45, 7) is 2.12. The summed E-state index contributed by atoms with van der Waals surface area (Å²) < 4.78 is 22.6. The molecule has 0 spiro atoms. The van der Waals surface area contributed by atoms with E-state index in [1.807, 2.05) is 0 Å². The van der Waals surface area contributed by atoms with Crippen molar-refractivity contribution < 1.29 is 8.42 Å². The normalized spacial score (nSPS) is 24.5. The second-order valence-corrected chi connectivity index (χ2v) is 7.15. The molecule has 0 N–H and O–H groups in total. The van der Waals surface area contributed by atoms with Gasteiger partial charge in [-0.05, 0) is 12.8 Å². The van der Waals surface area contributed by atoms with Gasteiger partial charge in [0.05, 0.1) is 22.2 Å². The molecule has 5 heteroatoms. The molecule has 0 aromatic carbocycles. The van der Waals surface area contributed by atoms with Gasteiger partial charge < -0.3 is 0 Å². The molecule has 0 bridgehead atoms. The van der Waals surface area contributed by atoms with E-state index in [4.69, 9.17) is 0 Å². The van der Waals surface area contributed by atoms with Crippen LogP contribution in [-0.2, 0) is 16.3 Å². The Kier molecular flexibility index (Phi) is 3.11. The minimum Gasteiger partial charge on any atom is -0.246 e. The average molecular weight is 245 g/mol. The van der Waals surface area contributed by atoms with Gasteiger partial charge in [0.1, 0.15) is 0 Å². The molecular weight excluding hydrogens is 230 g/mol. The molecule has 1 aliphatic rings. The van der Waals surface area contributed by atoms with Gasteiger partial charge >= 0.3 is 0 Å². The molecule has 0 aliphatic carbocycles. The molecule has 2 heterocycles. The summed E-state index contributed by atoms with van der Waals surface area (Å²) in [5, 5.41) is 3.07. The predicted octanol–water partition coefficient (Wildman–Crippen LogP) is 2.00. The molecule has 1 atom stereocenters. The maximum Gasteiger partial charge on any atom is 0.151 e. The summed E-state index contributed by atoms with van der Waals surface area (Å²) in [4.78, 5) is 4.50. The van der Waals surface area contributed by atoms with Gasteiger partial charge in [-0.2, -0.15) is 0 Å². The van der Waals surface area contributed by atoms with Crippen molar-refractivity contribution in [2.75, 3.05) is 11.5 Å². The van der Waals surface area contributed by atoms with E-state index in [2.05, 4.69) is 17.3 Å². The van der Waals surface area contributed by atoms with Crippen LogP contribution in [0.25, 0.3) is 0 Å². The zero-order chi connectivity index (χ0) is 10.9. The summed E-state index contributed by atoms with van der Waals surface area (Å²) >= 11 is 1.61. The monoisotopic (exact) mass is 245 g/mol. The average Bonchev–Trinajstić information content (AvgIpc) is 2.73. The highest BCUT2D eigenvalue weighted by Crippen LogP contribution is 2.30. The van der Waals surface area contributed by atoms with Crippen molar-refractivity contribution in [3.63, 3.8) is 0 Å². The fraction of sp³-hybridized carbons (Fsp3) is 0.700. The maximum atomic E-state index is 11.3. The van der Waals surface area contributed by atoms with E-state index >= 15 is 0 Å². The van der Waals surface area contributed by atoms with Gasteiger partial charge in [-0.15, -0.1) is 11.3 Å². The molecule has 0 amide bonds. The van der Waals surface area contributed by atoms with E-state index in [-0.39, 0.29) is 5.92 Å². The Morgan fingerprint density at radius 2 is 2.40 bits per heavy atom. The quantitative estimate of drug-likeness (QED) is 0.818. The number of thiazole rings is 1. The third kappa shape index (κ3) is 2.58. The number of nitrogens with zero attached hydrogens (tertiary/aromatic N) is 1. The first kappa shape index (κ1) is 11.1. The van der Waals surface area contributed by atoms with Crippen LogP contribution in [0.4, 0.5) is 0 Å². The van der Waals surface area contributed by atoms with Crippen LogP contribution < -0.4 is 0 Å². The van der Waals surface area contributed by atoms with Crippen molar-refractivity contribution in [3.05, 3.63) is 16.1 Å². The molecule has 2 rings (SSSR count). The Balaban J connectivity index is 2.10. The molecule has 1 saturated heterocycles. The first-order valence-corrected chi connectivity index (χ1v) is 7.95. The van der Waals surface area contributed by atoms with Gasteiger partial charge in [0.15, 0.2) is 9.84 Å². The van der Waals surface area contributed by atoms with Crippen molar-refractivity contribution in [1.82, 2.24) is 4.98 Å². The minimum atomic E-state index is -2.78. The van der Waals surface area contributed by atoms with E-state index in [1.165, 1.54) is 0 Å². The number of aryl methyl sites for hydroxylation is 1. The Morgan fingerprint density at radius 3 is 3.00 bits per heavy atom. The third-order valence-electron chi connectivity index (χ3n) is 2.66. The summed E-state index contributed by atoms with van der Waals surface area (Å²) in [5.74, 6) is 0.789. The topological polar surface area (TPSA) is 47.0 Å². The van der Waals surface area contributed by atoms with Crippen LogP contribution in [0.15, 0.2) is 5.38 Å². The van der Waals surface area contributed by atoms with E-state index in [9.17, 15) is 8.42 Å². The molecule has 1 aliphatic heterocycles. The molecule has 1 unspecified atom stereocenters. The highest BCUT2D eigenvalue weighted by molar-refractivity contribution is 7.91. The largest absolute Gasteiger partial charge is 0.246 e. The fourth-order valence-corrected chi connectivity index (χ4v) is 4.72. The SMILES string of the molecule is CCCc1csc(C2CCS(=O)(=O)C2)n1. The Hall–Kier alpha value is -0.420. The van der Waals surface area contributed by atoms with Crippen LogP contribution >= 0.6 is 11.3 Å². The molecule has 1 aromatic rings.